The fourth-order valence-corrected chi connectivity index (χ4v) is 1.33. The second kappa shape index (κ2) is 2.01. The highest BCUT2D eigenvalue weighted by Gasteiger charge is 2.18. The lowest BCUT2D eigenvalue weighted by atomic mass is 9.96. The van der Waals surface area contributed by atoms with Crippen LogP contribution in [-0.2, 0) is 4.74 Å². The summed E-state index contributed by atoms with van der Waals surface area (Å²) in [5.41, 5.74) is 1.31. The molecule has 0 saturated heterocycles. The molecule has 0 aromatic heterocycles. The summed E-state index contributed by atoms with van der Waals surface area (Å²) in [4.78, 5) is 0. The molecule has 0 saturated carbocycles. The molecule has 2 rings (SSSR count). The Morgan fingerprint density at radius 2 is 2.50 bits per heavy atom. The quantitative estimate of drug-likeness (QED) is 0.494. The predicted molar refractivity (Wildman–Crippen MR) is 40.2 cm³/mol. The van der Waals surface area contributed by atoms with E-state index in [0.29, 0.717) is 5.92 Å². The van der Waals surface area contributed by atoms with Gasteiger partial charge in [0.1, 0.15) is 5.76 Å². The molecule has 0 amide bonds. The van der Waals surface area contributed by atoms with Crippen LogP contribution in [0.3, 0.4) is 0 Å². The molecule has 10 heavy (non-hydrogen) atoms. The summed E-state index contributed by atoms with van der Waals surface area (Å²) in [6.07, 6.45) is 9.34. The molecule has 1 nitrogen and oxygen atoms in total. The van der Waals surface area contributed by atoms with Gasteiger partial charge in [-0.05, 0) is 25.5 Å². The molecule has 1 heteroatoms. The SMILES string of the molecule is CC1=CCC2C=COC2=C1. The number of rotatable bonds is 0. The normalized spacial score (nSPS) is 28.7. The van der Waals surface area contributed by atoms with Crippen molar-refractivity contribution in [1.82, 2.24) is 0 Å². The second-order valence-corrected chi connectivity index (χ2v) is 2.78. The van der Waals surface area contributed by atoms with Crippen molar-refractivity contribution in [2.75, 3.05) is 0 Å². The Morgan fingerprint density at radius 1 is 1.60 bits per heavy atom. The van der Waals surface area contributed by atoms with Crippen LogP contribution in [0.4, 0.5) is 0 Å². The van der Waals surface area contributed by atoms with Crippen LogP contribution < -0.4 is 0 Å². The smallest absolute Gasteiger partial charge is 0.111 e. The van der Waals surface area contributed by atoms with E-state index in [9.17, 15) is 0 Å². The van der Waals surface area contributed by atoms with Gasteiger partial charge in [-0.3, -0.25) is 0 Å². The minimum atomic E-state index is 0.531. The van der Waals surface area contributed by atoms with E-state index in [-0.39, 0.29) is 0 Å². The summed E-state index contributed by atoms with van der Waals surface area (Å²) < 4.78 is 5.27. The van der Waals surface area contributed by atoms with Crippen LogP contribution in [0, 0.1) is 5.92 Å². The van der Waals surface area contributed by atoms with Gasteiger partial charge < -0.3 is 4.74 Å². The molecule has 0 aromatic carbocycles. The van der Waals surface area contributed by atoms with Crippen molar-refractivity contribution in [3.8, 4) is 0 Å². The summed E-state index contributed by atoms with van der Waals surface area (Å²) in [6, 6.07) is 0. The maximum absolute atomic E-state index is 5.27. The zero-order valence-electron chi connectivity index (χ0n) is 6.00. The van der Waals surface area contributed by atoms with Crippen LogP contribution in [0.1, 0.15) is 13.3 Å². The molecule has 1 aliphatic heterocycles. The Kier molecular flexibility index (Phi) is 1.16. The molecule has 0 radical (unpaired) electrons. The van der Waals surface area contributed by atoms with Gasteiger partial charge in [-0.1, -0.05) is 11.6 Å². The molecule has 0 aromatic rings. The summed E-state index contributed by atoms with van der Waals surface area (Å²) in [7, 11) is 0. The first-order valence-corrected chi connectivity index (χ1v) is 3.58. The number of fused-ring (bicyclic) bond motifs is 1. The van der Waals surface area contributed by atoms with Gasteiger partial charge in [-0.2, -0.15) is 0 Å². The molecule has 1 aliphatic carbocycles. The first kappa shape index (κ1) is 5.78. The average Bonchev–Trinajstić information content (AvgIpc) is 2.33. The van der Waals surface area contributed by atoms with Crippen LogP contribution in [0.15, 0.2) is 35.8 Å². The highest BCUT2D eigenvalue weighted by molar-refractivity contribution is 5.29. The topological polar surface area (TPSA) is 9.23 Å². The lowest BCUT2D eigenvalue weighted by Gasteiger charge is -2.12. The predicted octanol–water partition coefficient (Wildman–Crippen LogP) is 2.38. The van der Waals surface area contributed by atoms with Crippen molar-refractivity contribution in [1.29, 1.82) is 0 Å². The van der Waals surface area contributed by atoms with Gasteiger partial charge in [0.05, 0.1) is 6.26 Å². The van der Waals surface area contributed by atoms with Gasteiger partial charge in [0.15, 0.2) is 0 Å². The van der Waals surface area contributed by atoms with Gasteiger partial charge in [0.2, 0.25) is 0 Å². The standard InChI is InChI=1S/C9H10O/c1-7-2-3-8-4-5-10-9(8)6-7/h2,4-6,8H,3H2,1H3. The average molecular weight is 134 g/mol. The van der Waals surface area contributed by atoms with Crippen molar-refractivity contribution in [2.45, 2.75) is 13.3 Å². The molecular formula is C9H10O. The maximum atomic E-state index is 5.27. The molecule has 2 aliphatic rings. The Morgan fingerprint density at radius 3 is 3.40 bits per heavy atom. The zero-order chi connectivity index (χ0) is 6.97. The third-order valence-electron chi connectivity index (χ3n) is 1.94. The highest BCUT2D eigenvalue weighted by Crippen LogP contribution is 2.30. The minimum Gasteiger partial charge on any atom is -0.469 e. The van der Waals surface area contributed by atoms with E-state index in [0.717, 1.165) is 12.2 Å². The number of ether oxygens (including phenoxy) is 1. The largest absolute Gasteiger partial charge is 0.469 e. The second-order valence-electron chi connectivity index (χ2n) is 2.78. The lowest BCUT2D eigenvalue weighted by Crippen LogP contribution is -2.00. The fraction of sp³-hybridized carbons (Fsp3) is 0.333. The van der Waals surface area contributed by atoms with Gasteiger partial charge in [-0.25, -0.2) is 0 Å². The minimum absolute atomic E-state index is 0.531. The van der Waals surface area contributed by atoms with E-state index in [1.54, 1.807) is 6.26 Å². The molecule has 52 valence electrons. The Labute approximate surface area is 60.7 Å². The number of hydrogen-bond acceptors (Lipinski definition) is 1. The molecular weight excluding hydrogens is 124 g/mol. The summed E-state index contributed by atoms with van der Waals surface area (Å²) in [6.45, 7) is 2.10. The third kappa shape index (κ3) is 0.783. The monoisotopic (exact) mass is 134 g/mol. The molecule has 1 heterocycles. The first-order valence-electron chi connectivity index (χ1n) is 3.58. The molecule has 0 fully saturated rings. The summed E-state index contributed by atoms with van der Waals surface area (Å²) in [5, 5.41) is 0. The van der Waals surface area contributed by atoms with Crippen molar-refractivity contribution < 1.29 is 4.74 Å². The van der Waals surface area contributed by atoms with Crippen molar-refractivity contribution >= 4 is 0 Å². The fourth-order valence-electron chi connectivity index (χ4n) is 1.33. The third-order valence-corrected chi connectivity index (χ3v) is 1.94. The van der Waals surface area contributed by atoms with E-state index in [4.69, 9.17) is 4.74 Å². The van der Waals surface area contributed by atoms with Crippen molar-refractivity contribution in [2.24, 2.45) is 5.92 Å². The van der Waals surface area contributed by atoms with Crippen LogP contribution in [0.25, 0.3) is 0 Å². The molecule has 0 spiro atoms. The van der Waals surface area contributed by atoms with Gasteiger partial charge >= 0.3 is 0 Å². The maximum Gasteiger partial charge on any atom is 0.111 e. The van der Waals surface area contributed by atoms with Gasteiger partial charge in [-0.15, -0.1) is 0 Å². The van der Waals surface area contributed by atoms with Crippen LogP contribution in [-0.4, -0.2) is 0 Å². The Bertz CT molecular complexity index is 233. The van der Waals surface area contributed by atoms with Crippen LogP contribution in [0.5, 0.6) is 0 Å². The van der Waals surface area contributed by atoms with E-state index in [1.165, 1.54) is 5.57 Å². The molecule has 1 atom stereocenters. The van der Waals surface area contributed by atoms with E-state index >= 15 is 0 Å². The first-order chi connectivity index (χ1) is 4.86. The zero-order valence-corrected chi connectivity index (χ0v) is 6.00. The van der Waals surface area contributed by atoms with Crippen LogP contribution >= 0.6 is 0 Å². The molecule has 0 N–H and O–H groups in total. The van der Waals surface area contributed by atoms with E-state index < -0.39 is 0 Å². The van der Waals surface area contributed by atoms with Crippen molar-refractivity contribution in [3.05, 3.63) is 35.8 Å². The molecule has 1 unspecified atom stereocenters. The Balaban J connectivity index is 2.29. The number of allylic oxidation sites excluding steroid dienone is 4. The van der Waals surface area contributed by atoms with Gasteiger partial charge in [0, 0.05) is 5.92 Å². The lowest BCUT2D eigenvalue weighted by molar-refractivity contribution is 0.340. The number of hydrogen-bond donors (Lipinski definition) is 0. The van der Waals surface area contributed by atoms with E-state index in [1.807, 2.05) is 0 Å². The Hall–Kier alpha value is -0.980. The summed E-state index contributed by atoms with van der Waals surface area (Å²) in [5.74, 6) is 1.64. The molecule has 0 bridgehead atoms. The highest BCUT2D eigenvalue weighted by atomic mass is 16.5. The van der Waals surface area contributed by atoms with Crippen molar-refractivity contribution in [3.63, 3.8) is 0 Å². The summed E-state index contributed by atoms with van der Waals surface area (Å²) >= 11 is 0. The van der Waals surface area contributed by atoms with Gasteiger partial charge in [0.25, 0.3) is 0 Å². The van der Waals surface area contributed by atoms with Crippen LogP contribution in [0.2, 0.25) is 0 Å². The van der Waals surface area contributed by atoms with E-state index in [2.05, 4.69) is 25.2 Å².